The summed E-state index contributed by atoms with van der Waals surface area (Å²) in [6.07, 6.45) is -3.76. The minimum atomic E-state index is -5.01. The van der Waals surface area contributed by atoms with E-state index < -0.39 is 36.4 Å². The fourth-order valence-corrected chi connectivity index (χ4v) is 1.98. The number of rotatable bonds is 1. The highest BCUT2D eigenvalue weighted by atomic mass is 19.4. The molecular formula is C9H8F3N3O3. The number of likely N-dealkylation sites (tertiary alicyclic amines) is 1. The second-order valence-corrected chi connectivity index (χ2v) is 3.99. The number of halogens is 3. The summed E-state index contributed by atoms with van der Waals surface area (Å²) in [6.45, 7) is -0.781. The van der Waals surface area contributed by atoms with Gasteiger partial charge in [0.2, 0.25) is 0 Å². The molecular weight excluding hydrogens is 255 g/mol. The maximum Gasteiger partial charge on any atom is 0.471 e. The van der Waals surface area contributed by atoms with Gasteiger partial charge in [-0.3, -0.25) is 9.59 Å². The summed E-state index contributed by atoms with van der Waals surface area (Å²) in [5.41, 5.74) is 0.203. The second kappa shape index (κ2) is 4.07. The van der Waals surface area contributed by atoms with E-state index in [1.165, 1.54) is 6.21 Å². The highest BCUT2D eigenvalue weighted by Gasteiger charge is 2.48. The van der Waals surface area contributed by atoms with Crippen molar-refractivity contribution in [3.63, 3.8) is 0 Å². The lowest BCUT2D eigenvalue weighted by Gasteiger charge is -2.34. The smallest absolute Gasteiger partial charge is 0.471 e. The van der Waals surface area contributed by atoms with Crippen LogP contribution in [0, 0.1) is 11.8 Å². The third-order valence-electron chi connectivity index (χ3n) is 2.80. The standard InChI is InChI=1S/C9H8F3N3O3/c10-9(11,12)8(18)15-2-4-1-13-14-6(4)5(3-15)7(16)17/h1,4-5H,2-3H2,(H,16,17). The molecule has 1 amide bonds. The average molecular weight is 263 g/mol. The van der Waals surface area contributed by atoms with Crippen LogP contribution in [0.5, 0.6) is 0 Å². The Morgan fingerprint density at radius 1 is 1.39 bits per heavy atom. The van der Waals surface area contributed by atoms with Gasteiger partial charge in [0.1, 0.15) is 5.92 Å². The van der Waals surface area contributed by atoms with Gasteiger partial charge < -0.3 is 10.0 Å². The topological polar surface area (TPSA) is 82.3 Å². The summed E-state index contributed by atoms with van der Waals surface area (Å²) in [5.74, 6) is -5.24. The van der Waals surface area contributed by atoms with E-state index >= 15 is 0 Å². The molecule has 0 bridgehead atoms. The Morgan fingerprint density at radius 3 is 2.61 bits per heavy atom. The van der Waals surface area contributed by atoms with Crippen molar-refractivity contribution < 1.29 is 27.9 Å². The third-order valence-corrected chi connectivity index (χ3v) is 2.80. The summed E-state index contributed by atoms with van der Waals surface area (Å²) in [7, 11) is 0. The molecule has 0 aliphatic carbocycles. The molecule has 0 spiro atoms. The van der Waals surface area contributed by atoms with Gasteiger partial charge in [0.05, 0.1) is 11.6 Å². The van der Waals surface area contributed by atoms with Crippen molar-refractivity contribution in [1.29, 1.82) is 0 Å². The first-order chi connectivity index (χ1) is 8.30. The third kappa shape index (κ3) is 2.07. The number of nitrogens with zero attached hydrogens (tertiary/aromatic N) is 3. The summed E-state index contributed by atoms with van der Waals surface area (Å²) in [6, 6.07) is 0. The van der Waals surface area contributed by atoms with Gasteiger partial charge in [-0.2, -0.15) is 23.4 Å². The molecule has 0 aromatic carbocycles. The van der Waals surface area contributed by atoms with Crippen LogP contribution >= 0.6 is 0 Å². The molecule has 2 heterocycles. The monoisotopic (exact) mass is 263 g/mol. The van der Waals surface area contributed by atoms with Crippen molar-refractivity contribution in [2.45, 2.75) is 6.18 Å². The summed E-state index contributed by atoms with van der Waals surface area (Å²) >= 11 is 0. The van der Waals surface area contributed by atoms with Crippen LogP contribution in [0.3, 0.4) is 0 Å². The quantitative estimate of drug-likeness (QED) is 0.731. The molecule has 2 rings (SSSR count). The van der Waals surface area contributed by atoms with Crippen molar-refractivity contribution in [1.82, 2.24) is 4.90 Å². The number of fused-ring (bicyclic) bond motifs is 1. The number of aliphatic carboxylic acids is 1. The van der Waals surface area contributed by atoms with Gasteiger partial charge in [-0.05, 0) is 0 Å². The van der Waals surface area contributed by atoms with Crippen molar-refractivity contribution in [2.75, 3.05) is 13.1 Å². The van der Waals surface area contributed by atoms with Crippen LogP contribution in [0.25, 0.3) is 0 Å². The van der Waals surface area contributed by atoms with Crippen LogP contribution in [-0.2, 0) is 9.59 Å². The Balaban J connectivity index is 2.22. The molecule has 1 saturated heterocycles. The second-order valence-electron chi connectivity index (χ2n) is 3.99. The molecule has 2 aliphatic heterocycles. The van der Waals surface area contributed by atoms with Crippen LogP contribution in [0.15, 0.2) is 10.2 Å². The molecule has 98 valence electrons. The number of amides is 1. The highest BCUT2D eigenvalue weighted by molar-refractivity contribution is 6.12. The fraction of sp³-hybridized carbons (Fsp3) is 0.556. The highest BCUT2D eigenvalue weighted by Crippen LogP contribution is 2.26. The van der Waals surface area contributed by atoms with Gasteiger partial charge in [-0.1, -0.05) is 0 Å². The van der Waals surface area contributed by atoms with E-state index in [2.05, 4.69) is 10.2 Å². The van der Waals surface area contributed by atoms with Gasteiger partial charge in [-0.25, -0.2) is 0 Å². The molecule has 0 aromatic heterocycles. The number of hydrogen-bond acceptors (Lipinski definition) is 4. The zero-order valence-corrected chi connectivity index (χ0v) is 8.89. The van der Waals surface area contributed by atoms with Crippen LogP contribution in [-0.4, -0.2) is 53.1 Å². The Bertz CT molecular complexity index is 458. The first-order valence-corrected chi connectivity index (χ1v) is 5.00. The summed E-state index contributed by atoms with van der Waals surface area (Å²) in [4.78, 5) is 22.5. The van der Waals surface area contributed by atoms with Crippen LogP contribution in [0.2, 0.25) is 0 Å². The zero-order valence-electron chi connectivity index (χ0n) is 8.89. The number of carbonyl (C=O) groups excluding carboxylic acids is 1. The number of piperidine rings is 1. The molecule has 0 radical (unpaired) electrons. The van der Waals surface area contributed by atoms with Crippen LogP contribution < -0.4 is 0 Å². The van der Waals surface area contributed by atoms with Crippen molar-refractivity contribution in [3.8, 4) is 0 Å². The summed E-state index contributed by atoms with van der Waals surface area (Å²) < 4.78 is 36.9. The average Bonchev–Trinajstić information content (AvgIpc) is 2.72. The molecule has 0 aromatic rings. The van der Waals surface area contributed by atoms with E-state index in [1.54, 1.807) is 0 Å². The largest absolute Gasteiger partial charge is 0.481 e. The van der Waals surface area contributed by atoms with Gasteiger partial charge in [0, 0.05) is 19.3 Å². The fourth-order valence-electron chi connectivity index (χ4n) is 1.98. The molecule has 18 heavy (non-hydrogen) atoms. The Hall–Kier alpha value is -1.93. The van der Waals surface area contributed by atoms with Gasteiger partial charge >= 0.3 is 18.1 Å². The lowest BCUT2D eigenvalue weighted by atomic mass is 9.88. The van der Waals surface area contributed by atoms with E-state index in [4.69, 9.17) is 5.11 Å². The first kappa shape index (κ1) is 12.5. The lowest BCUT2D eigenvalue weighted by molar-refractivity contribution is -0.186. The van der Waals surface area contributed by atoms with Gasteiger partial charge in [0.25, 0.3) is 0 Å². The molecule has 2 atom stereocenters. The number of carbonyl (C=O) groups is 2. The van der Waals surface area contributed by atoms with E-state index in [0.29, 0.717) is 4.90 Å². The van der Waals surface area contributed by atoms with Gasteiger partial charge in [-0.15, -0.1) is 0 Å². The van der Waals surface area contributed by atoms with Gasteiger partial charge in [0.15, 0.2) is 0 Å². The lowest BCUT2D eigenvalue weighted by Crippen LogP contribution is -2.54. The normalized spacial score (nSPS) is 26.8. The van der Waals surface area contributed by atoms with Crippen LogP contribution in [0.1, 0.15) is 0 Å². The first-order valence-electron chi connectivity index (χ1n) is 5.00. The molecule has 1 N–H and O–H groups in total. The SMILES string of the molecule is O=C(O)C1CN(C(=O)C(F)(F)F)CC2C=NN=C21. The Labute approximate surface area is 98.8 Å². The molecule has 9 heteroatoms. The van der Waals surface area contributed by atoms with E-state index in [9.17, 15) is 22.8 Å². The maximum absolute atomic E-state index is 12.3. The predicted molar refractivity (Wildman–Crippen MR) is 53.2 cm³/mol. The zero-order chi connectivity index (χ0) is 13.5. The molecule has 2 aliphatic rings. The Morgan fingerprint density at radius 2 is 2.06 bits per heavy atom. The van der Waals surface area contributed by atoms with Crippen LogP contribution in [0.4, 0.5) is 13.2 Å². The van der Waals surface area contributed by atoms with E-state index in [1.807, 2.05) is 0 Å². The predicted octanol–water partition coefficient (Wildman–Crippen LogP) is 0.148. The number of alkyl halides is 3. The van der Waals surface area contributed by atoms with E-state index in [0.717, 1.165) is 0 Å². The van der Waals surface area contributed by atoms with Crippen molar-refractivity contribution in [3.05, 3.63) is 0 Å². The minimum Gasteiger partial charge on any atom is -0.481 e. The number of carboxylic acids is 1. The van der Waals surface area contributed by atoms with E-state index in [-0.39, 0.29) is 12.3 Å². The minimum absolute atomic E-state index is 0.203. The molecule has 6 nitrogen and oxygen atoms in total. The van der Waals surface area contributed by atoms with Crippen molar-refractivity contribution >= 4 is 23.8 Å². The molecule has 2 unspecified atom stereocenters. The number of carboxylic acid groups (broad SMARTS) is 1. The molecule has 1 fully saturated rings. The van der Waals surface area contributed by atoms with Crippen molar-refractivity contribution in [2.24, 2.45) is 22.0 Å². The molecule has 0 saturated carbocycles. The number of hydrogen-bond donors (Lipinski definition) is 1. The maximum atomic E-state index is 12.3. The Kier molecular flexibility index (Phi) is 2.83. The summed E-state index contributed by atoms with van der Waals surface area (Å²) in [5, 5.41) is 16.0.